The fourth-order valence-electron chi connectivity index (χ4n) is 2.18. The van der Waals surface area contributed by atoms with E-state index in [9.17, 15) is 10.1 Å². The number of benzene rings is 2. The first-order valence-corrected chi connectivity index (χ1v) is 8.37. The molecule has 0 aliphatic rings. The number of carbonyl (C=O) groups excluding carboxylic acids is 1. The van der Waals surface area contributed by atoms with Crippen molar-refractivity contribution >= 4 is 23.2 Å². The van der Waals surface area contributed by atoms with Crippen LogP contribution in [0.5, 0.6) is 0 Å². The summed E-state index contributed by atoms with van der Waals surface area (Å²) in [7, 11) is 0. The number of nitriles is 1. The van der Waals surface area contributed by atoms with E-state index in [-0.39, 0.29) is 12.1 Å². The lowest BCUT2D eigenvalue weighted by Gasteiger charge is -2.08. The molecule has 0 unspecified atom stereocenters. The predicted molar refractivity (Wildman–Crippen MR) is 101 cm³/mol. The Bertz CT molecular complexity index is 804. The van der Waals surface area contributed by atoms with E-state index < -0.39 is 5.91 Å². The van der Waals surface area contributed by atoms with Gasteiger partial charge in [-0.2, -0.15) is 5.26 Å². The highest BCUT2D eigenvalue weighted by atomic mass is 35.5. The average Bonchev–Trinajstić information content (AvgIpc) is 2.62. The summed E-state index contributed by atoms with van der Waals surface area (Å²) in [4.78, 5) is 12.1. The van der Waals surface area contributed by atoms with Crippen molar-refractivity contribution in [2.45, 2.75) is 26.3 Å². The minimum absolute atomic E-state index is 0.00000955. The molecule has 0 aliphatic heterocycles. The molecule has 1 amide bonds. The molecule has 0 fully saturated rings. The molecule has 0 saturated carbocycles. The maximum atomic E-state index is 12.1. The quantitative estimate of drug-likeness (QED) is 0.589. The summed E-state index contributed by atoms with van der Waals surface area (Å²) in [5.41, 5.74) is 2.84. The number of nitrogens with zero attached hydrogens (tertiary/aromatic N) is 1. The standard InChI is InChI=1S/C20H20ClN3O/c1-14(2)15-7-9-18(10-8-15)23-13-17(11-22)20(25)24-12-16-5-3-4-6-19(16)21/h3-10,13-14,23H,12H2,1-2H3,(H,24,25)/b17-13-. The molecule has 0 saturated heterocycles. The average molecular weight is 354 g/mol. The second kappa shape index (κ2) is 8.91. The number of halogens is 1. The molecule has 5 heteroatoms. The van der Waals surface area contributed by atoms with Crippen LogP contribution in [-0.2, 0) is 11.3 Å². The van der Waals surface area contributed by atoms with Crippen molar-refractivity contribution < 1.29 is 4.79 Å². The lowest BCUT2D eigenvalue weighted by molar-refractivity contribution is -0.117. The molecule has 0 bridgehead atoms. The summed E-state index contributed by atoms with van der Waals surface area (Å²) < 4.78 is 0. The Hall–Kier alpha value is -2.77. The van der Waals surface area contributed by atoms with Gasteiger partial charge in [-0.1, -0.05) is 55.8 Å². The van der Waals surface area contributed by atoms with Crippen LogP contribution >= 0.6 is 11.6 Å². The highest BCUT2D eigenvalue weighted by Gasteiger charge is 2.09. The van der Waals surface area contributed by atoms with E-state index in [1.165, 1.54) is 11.8 Å². The summed E-state index contributed by atoms with van der Waals surface area (Å²) in [5, 5.41) is 15.5. The second-order valence-electron chi connectivity index (χ2n) is 5.86. The van der Waals surface area contributed by atoms with E-state index >= 15 is 0 Å². The lowest BCUT2D eigenvalue weighted by atomic mass is 10.0. The van der Waals surface area contributed by atoms with Gasteiger partial charge >= 0.3 is 0 Å². The van der Waals surface area contributed by atoms with E-state index in [0.717, 1.165) is 11.3 Å². The smallest absolute Gasteiger partial charge is 0.263 e. The summed E-state index contributed by atoms with van der Waals surface area (Å²) in [6.07, 6.45) is 1.41. The summed E-state index contributed by atoms with van der Waals surface area (Å²) in [6, 6.07) is 17.0. The first-order valence-electron chi connectivity index (χ1n) is 7.99. The van der Waals surface area contributed by atoms with Crippen molar-refractivity contribution in [1.29, 1.82) is 5.26 Å². The van der Waals surface area contributed by atoms with E-state index in [1.807, 2.05) is 48.5 Å². The minimum Gasteiger partial charge on any atom is -0.360 e. The summed E-state index contributed by atoms with van der Waals surface area (Å²) in [5.74, 6) is 0.00331. The monoisotopic (exact) mass is 353 g/mol. The van der Waals surface area contributed by atoms with Crippen molar-refractivity contribution in [3.8, 4) is 6.07 Å². The normalized spacial score (nSPS) is 11.1. The van der Waals surface area contributed by atoms with E-state index in [2.05, 4.69) is 24.5 Å². The van der Waals surface area contributed by atoms with Crippen LogP contribution in [-0.4, -0.2) is 5.91 Å². The first kappa shape index (κ1) is 18.6. The van der Waals surface area contributed by atoms with Gasteiger partial charge in [0.2, 0.25) is 0 Å². The number of rotatable bonds is 6. The van der Waals surface area contributed by atoms with Crippen LogP contribution in [0.1, 0.15) is 30.9 Å². The molecule has 0 spiro atoms. The van der Waals surface area contributed by atoms with E-state index in [1.54, 1.807) is 6.07 Å². The van der Waals surface area contributed by atoms with Crippen LogP contribution < -0.4 is 10.6 Å². The number of hydrogen-bond donors (Lipinski definition) is 2. The molecule has 2 aromatic rings. The number of hydrogen-bond acceptors (Lipinski definition) is 3. The molecule has 2 rings (SSSR count). The summed E-state index contributed by atoms with van der Waals surface area (Å²) >= 11 is 6.05. The SMILES string of the molecule is CC(C)c1ccc(N/C=C(/C#N)C(=O)NCc2ccccc2Cl)cc1. The fourth-order valence-corrected chi connectivity index (χ4v) is 2.38. The molecule has 2 aromatic carbocycles. The van der Waals surface area contributed by atoms with Gasteiger partial charge in [0.1, 0.15) is 11.6 Å². The Kier molecular flexibility index (Phi) is 6.62. The largest absolute Gasteiger partial charge is 0.360 e. The van der Waals surface area contributed by atoms with Crippen molar-refractivity contribution in [2.24, 2.45) is 0 Å². The molecular formula is C20H20ClN3O. The molecule has 25 heavy (non-hydrogen) atoms. The molecule has 0 atom stereocenters. The zero-order valence-corrected chi connectivity index (χ0v) is 15.0. The molecule has 0 radical (unpaired) electrons. The van der Waals surface area contributed by atoms with E-state index in [4.69, 9.17) is 11.6 Å². The molecule has 2 N–H and O–H groups in total. The van der Waals surface area contributed by atoms with Crippen molar-refractivity contribution in [1.82, 2.24) is 5.32 Å². The zero-order chi connectivity index (χ0) is 18.2. The Morgan fingerprint density at radius 3 is 2.48 bits per heavy atom. The first-order chi connectivity index (χ1) is 12.0. The van der Waals surface area contributed by atoms with Crippen LogP contribution in [0.4, 0.5) is 5.69 Å². The van der Waals surface area contributed by atoms with Crippen molar-refractivity contribution in [3.63, 3.8) is 0 Å². The third kappa shape index (κ3) is 5.37. The Labute approximate surface area is 153 Å². The summed E-state index contributed by atoms with van der Waals surface area (Å²) in [6.45, 7) is 4.51. The van der Waals surface area contributed by atoms with Gasteiger partial charge in [-0.25, -0.2) is 0 Å². The van der Waals surface area contributed by atoms with Gasteiger partial charge in [0.05, 0.1) is 0 Å². The Morgan fingerprint density at radius 1 is 1.20 bits per heavy atom. The Morgan fingerprint density at radius 2 is 1.88 bits per heavy atom. The lowest BCUT2D eigenvalue weighted by Crippen LogP contribution is -2.24. The third-order valence-electron chi connectivity index (χ3n) is 3.72. The van der Waals surface area contributed by atoms with Gasteiger partial charge in [-0.05, 0) is 35.2 Å². The Balaban J connectivity index is 1.98. The topological polar surface area (TPSA) is 64.9 Å². The predicted octanol–water partition coefficient (Wildman–Crippen LogP) is 4.60. The molecular weight excluding hydrogens is 334 g/mol. The van der Waals surface area contributed by atoms with Gasteiger partial charge < -0.3 is 10.6 Å². The fraction of sp³-hybridized carbons (Fsp3) is 0.200. The molecule has 0 aromatic heterocycles. The van der Waals surface area contributed by atoms with Crippen molar-refractivity contribution in [2.75, 3.05) is 5.32 Å². The zero-order valence-electron chi connectivity index (χ0n) is 14.2. The van der Waals surface area contributed by atoms with Gasteiger partial charge in [-0.3, -0.25) is 4.79 Å². The van der Waals surface area contributed by atoms with Crippen LogP contribution in [0.2, 0.25) is 5.02 Å². The molecule has 128 valence electrons. The van der Waals surface area contributed by atoms with Crippen LogP contribution in [0, 0.1) is 11.3 Å². The maximum absolute atomic E-state index is 12.1. The maximum Gasteiger partial charge on any atom is 0.263 e. The number of carbonyl (C=O) groups is 1. The van der Waals surface area contributed by atoms with E-state index in [0.29, 0.717) is 10.9 Å². The van der Waals surface area contributed by atoms with Crippen LogP contribution in [0.15, 0.2) is 60.3 Å². The molecule has 0 aliphatic carbocycles. The highest BCUT2D eigenvalue weighted by Crippen LogP contribution is 2.17. The van der Waals surface area contributed by atoms with Gasteiger partial charge in [0, 0.05) is 23.5 Å². The van der Waals surface area contributed by atoms with Gasteiger partial charge in [0.15, 0.2) is 0 Å². The van der Waals surface area contributed by atoms with Gasteiger partial charge in [-0.15, -0.1) is 0 Å². The number of anilines is 1. The van der Waals surface area contributed by atoms with Crippen LogP contribution in [0.3, 0.4) is 0 Å². The third-order valence-corrected chi connectivity index (χ3v) is 4.09. The van der Waals surface area contributed by atoms with Crippen LogP contribution in [0.25, 0.3) is 0 Å². The van der Waals surface area contributed by atoms with Crippen molar-refractivity contribution in [3.05, 3.63) is 76.5 Å². The minimum atomic E-state index is -0.450. The number of amides is 1. The molecule has 4 nitrogen and oxygen atoms in total. The highest BCUT2D eigenvalue weighted by molar-refractivity contribution is 6.31. The second-order valence-corrected chi connectivity index (χ2v) is 6.27. The van der Waals surface area contributed by atoms with Gasteiger partial charge in [0.25, 0.3) is 5.91 Å². The molecule has 0 heterocycles. The number of nitrogens with one attached hydrogen (secondary N) is 2.